The van der Waals surface area contributed by atoms with Gasteiger partial charge >= 0.3 is 0 Å². The van der Waals surface area contributed by atoms with Gasteiger partial charge in [-0.1, -0.05) is 12.1 Å². The first-order valence-electron chi connectivity index (χ1n) is 8.44. The molecule has 0 amide bonds. The minimum Gasteiger partial charge on any atom is -0.450 e. The van der Waals surface area contributed by atoms with Crippen molar-refractivity contribution in [3.63, 3.8) is 0 Å². The molecule has 2 fully saturated rings. The molecular formula is C18H19N3O2S. The minimum atomic E-state index is 0.0562. The van der Waals surface area contributed by atoms with Crippen molar-refractivity contribution in [3.05, 3.63) is 30.6 Å². The largest absolute Gasteiger partial charge is 0.450 e. The van der Waals surface area contributed by atoms with Crippen LogP contribution in [0.2, 0.25) is 0 Å². The van der Waals surface area contributed by atoms with Gasteiger partial charge in [0, 0.05) is 23.8 Å². The molecule has 24 heavy (non-hydrogen) atoms. The van der Waals surface area contributed by atoms with E-state index >= 15 is 0 Å². The van der Waals surface area contributed by atoms with Crippen LogP contribution < -0.4 is 5.32 Å². The summed E-state index contributed by atoms with van der Waals surface area (Å²) in [4.78, 5) is 8.87. The maximum absolute atomic E-state index is 6.11. The van der Waals surface area contributed by atoms with E-state index in [-0.39, 0.29) is 5.60 Å². The fraction of sp³-hybridized carbons (Fsp3) is 0.444. The average molecular weight is 341 g/mol. The molecule has 4 heterocycles. The number of ether oxygens (including phenoxy) is 1. The average Bonchev–Trinajstić information content (AvgIpc) is 3.20. The number of fused-ring (bicyclic) bond motifs is 3. The van der Waals surface area contributed by atoms with Gasteiger partial charge in [0.25, 0.3) is 0 Å². The quantitative estimate of drug-likeness (QED) is 0.764. The highest BCUT2D eigenvalue weighted by Gasteiger charge is 2.40. The number of hydrogen-bond acceptors (Lipinski definition) is 6. The zero-order chi connectivity index (χ0) is 16.0. The number of anilines is 1. The number of thioether (sulfide) groups is 1. The highest BCUT2D eigenvalue weighted by molar-refractivity contribution is 7.99. The molecule has 1 spiro atoms. The first-order valence-corrected chi connectivity index (χ1v) is 9.59. The van der Waals surface area contributed by atoms with E-state index in [1.165, 1.54) is 5.75 Å². The summed E-state index contributed by atoms with van der Waals surface area (Å²) in [5.41, 5.74) is 2.54. The number of nitrogens with zero attached hydrogens (tertiary/aromatic N) is 2. The fourth-order valence-electron chi connectivity index (χ4n) is 3.83. The Morgan fingerprint density at radius 3 is 3.12 bits per heavy atom. The summed E-state index contributed by atoms with van der Waals surface area (Å²) in [7, 11) is 0. The van der Waals surface area contributed by atoms with Crippen LogP contribution in [0.4, 0.5) is 5.82 Å². The van der Waals surface area contributed by atoms with Crippen molar-refractivity contribution in [2.45, 2.75) is 30.9 Å². The van der Waals surface area contributed by atoms with E-state index in [1.807, 2.05) is 36.0 Å². The standard InChI is InChI=1S/C18H19N3O2S/c1-2-4-14-13(3-1)15-16(23-14)17(20-11-19-15)21-12-5-7-22-18(9-12)6-8-24-10-18/h1-4,11-12H,5-10H2,(H,19,20,21)/t12-,18-/m0/s1. The van der Waals surface area contributed by atoms with E-state index in [4.69, 9.17) is 9.15 Å². The molecular weight excluding hydrogens is 322 g/mol. The zero-order valence-corrected chi connectivity index (χ0v) is 14.1. The highest BCUT2D eigenvalue weighted by atomic mass is 32.2. The molecule has 2 aromatic heterocycles. The number of aromatic nitrogens is 2. The van der Waals surface area contributed by atoms with Crippen molar-refractivity contribution in [2.75, 3.05) is 23.4 Å². The summed E-state index contributed by atoms with van der Waals surface area (Å²) in [5, 5.41) is 4.64. The van der Waals surface area contributed by atoms with Crippen LogP contribution in [-0.2, 0) is 4.74 Å². The van der Waals surface area contributed by atoms with E-state index in [0.29, 0.717) is 6.04 Å². The summed E-state index contributed by atoms with van der Waals surface area (Å²) in [6, 6.07) is 8.36. The Kier molecular flexibility index (Phi) is 3.41. The molecule has 5 rings (SSSR count). The normalized spacial score (nSPS) is 27.2. The number of hydrogen-bond donors (Lipinski definition) is 1. The molecule has 5 nitrogen and oxygen atoms in total. The third kappa shape index (κ3) is 2.36. The Morgan fingerprint density at radius 2 is 2.21 bits per heavy atom. The second-order valence-electron chi connectivity index (χ2n) is 6.67. The van der Waals surface area contributed by atoms with Gasteiger partial charge in [0.05, 0.1) is 5.60 Å². The monoisotopic (exact) mass is 341 g/mol. The molecule has 1 N–H and O–H groups in total. The fourth-order valence-corrected chi connectivity index (χ4v) is 5.21. The first-order chi connectivity index (χ1) is 11.8. The maximum atomic E-state index is 6.11. The molecule has 3 aromatic rings. The summed E-state index contributed by atoms with van der Waals surface area (Å²) in [6.45, 7) is 0.812. The lowest BCUT2D eigenvalue weighted by Gasteiger charge is -2.38. The SMILES string of the molecule is c1ccc2c(c1)oc1c(N[C@H]3CCO[C@@]4(CCSC4)C3)ncnc12. The van der Waals surface area contributed by atoms with Gasteiger partial charge in [-0.15, -0.1) is 0 Å². The van der Waals surface area contributed by atoms with Gasteiger partial charge in [-0.3, -0.25) is 0 Å². The van der Waals surface area contributed by atoms with Gasteiger partial charge in [0.1, 0.15) is 17.4 Å². The number of nitrogens with one attached hydrogen (secondary N) is 1. The van der Waals surface area contributed by atoms with E-state index in [1.54, 1.807) is 6.33 Å². The van der Waals surface area contributed by atoms with Crippen molar-refractivity contribution in [2.24, 2.45) is 0 Å². The lowest BCUT2D eigenvalue weighted by atomic mass is 9.90. The van der Waals surface area contributed by atoms with E-state index in [2.05, 4.69) is 15.3 Å². The maximum Gasteiger partial charge on any atom is 0.196 e. The first kappa shape index (κ1) is 14.5. The second kappa shape index (κ2) is 5.63. The van der Waals surface area contributed by atoms with Crippen LogP contribution >= 0.6 is 11.8 Å². The molecule has 0 unspecified atom stereocenters. The number of rotatable bonds is 2. The minimum absolute atomic E-state index is 0.0562. The second-order valence-corrected chi connectivity index (χ2v) is 7.77. The van der Waals surface area contributed by atoms with Crippen molar-refractivity contribution >= 4 is 39.6 Å². The van der Waals surface area contributed by atoms with Gasteiger partial charge < -0.3 is 14.5 Å². The third-order valence-corrected chi connectivity index (χ3v) is 6.28. The van der Waals surface area contributed by atoms with E-state index in [0.717, 1.165) is 59.5 Å². The van der Waals surface area contributed by atoms with Gasteiger partial charge in [-0.2, -0.15) is 11.8 Å². The Hall–Kier alpha value is -1.79. The van der Waals surface area contributed by atoms with Crippen molar-refractivity contribution in [1.82, 2.24) is 9.97 Å². The highest BCUT2D eigenvalue weighted by Crippen LogP contribution is 2.39. The molecule has 1 aromatic carbocycles. The number of furan rings is 1. The molecule has 2 aliphatic heterocycles. The molecule has 6 heteroatoms. The van der Waals surface area contributed by atoms with Crippen LogP contribution in [0.25, 0.3) is 22.1 Å². The van der Waals surface area contributed by atoms with Crippen LogP contribution in [-0.4, -0.2) is 39.7 Å². The molecule has 2 saturated heterocycles. The summed E-state index contributed by atoms with van der Waals surface area (Å²) in [6.07, 6.45) is 4.80. The predicted molar refractivity (Wildman–Crippen MR) is 96.6 cm³/mol. The molecule has 2 atom stereocenters. The molecule has 0 bridgehead atoms. The van der Waals surface area contributed by atoms with Gasteiger partial charge in [-0.05, 0) is 37.1 Å². The lowest BCUT2D eigenvalue weighted by Crippen LogP contribution is -2.44. The summed E-state index contributed by atoms with van der Waals surface area (Å²) < 4.78 is 12.1. The molecule has 124 valence electrons. The summed E-state index contributed by atoms with van der Waals surface area (Å²) in [5.74, 6) is 3.10. The topological polar surface area (TPSA) is 60.2 Å². The third-order valence-electron chi connectivity index (χ3n) is 5.06. The molecule has 0 aliphatic carbocycles. The van der Waals surface area contributed by atoms with Crippen LogP contribution in [0, 0.1) is 0 Å². The van der Waals surface area contributed by atoms with Crippen molar-refractivity contribution < 1.29 is 9.15 Å². The molecule has 0 saturated carbocycles. The molecule has 0 radical (unpaired) electrons. The van der Waals surface area contributed by atoms with Crippen molar-refractivity contribution in [3.8, 4) is 0 Å². The zero-order valence-electron chi connectivity index (χ0n) is 13.3. The van der Waals surface area contributed by atoms with E-state index < -0.39 is 0 Å². The predicted octanol–water partition coefficient (Wildman–Crippen LogP) is 3.84. The van der Waals surface area contributed by atoms with Crippen LogP contribution in [0.15, 0.2) is 35.0 Å². The van der Waals surface area contributed by atoms with Crippen molar-refractivity contribution in [1.29, 1.82) is 0 Å². The van der Waals surface area contributed by atoms with Gasteiger partial charge in [0.15, 0.2) is 11.4 Å². The molecule has 2 aliphatic rings. The van der Waals surface area contributed by atoms with Crippen LogP contribution in [0.3, 0.4) is 0 Å². The van der Waals surface area contributed by atoms with E-state index in [9.17, 15) is 0 Å². The lowest BCUT2D eigenvalue weighted by molar-refractivity contribution is -0.0628. The Morgan fingerprint density at radius 1 is 1.25 bits per heavy atom. The van der Waals surface area contributed by atoms with Gasteiger partial charge in [0.2, 0.25) is 0 Å². The Labute approximate surface area is 144 Å². The van der Waals surface area contributed by atoms with Crippen LogP contribution in [0.5, 0.6) is 0 Å². The number of benzene rings is 1. The van der Waals surface area contributed by atoms with Crippen LogP contribution in [0.1, 0.15) is 19.3 Å². The Balaban J connectivity index is 1.48. The van der Waals surface area contributed by atoms with Gasteiger partial charge in [-0.25, -0.2) is 9.97 Å². The Bertz CT molecular complexity index is 888. The number of para-hydroxylation sites is 1. The summed E-state index contributed by atoms with van der Waals surface area (Å²) >= 11 is 2.00. The smallest absolute Gasteiger partial charge is 0.196 e.